The van der Waals surface area contributed by atoms with Gasteiger partial charge in [0.05, 0.1) is 10.6 Å². The number of anilines is 2. The summed E-state index contributed by atoms with van der Waals surface area (Å²) >= 11 is 5.75. The van der Waals surface area contributed by atoms with Crippen LogP contribution in [0.2, 0.25) is 5.02 Å². The van der Waals surface area contributed by atoms with Gasteiger partial charge >= 0.3 is 0 Å². The first-order valence-electron chi connectivity index (χ1n) is 8.96. The molecular weight excluding hydrogens is 369 g/mol. The predicted molar refractivity (Wildman–Crippen MR) is 105 cm³/mol. The molecule has 1 amide bonds. The van der Waals surface area contributed by atoms with Gasteiger partial charge in [0.1, 0.15) is 5.82 Å². The Balaban J connectivity index is 1.52. The van der Waals surface area contributed by atoms with E-state index in [1.165, 1.54) is 12.1 Å². The SMILES string of the molecule is CN(C)c1ccnc(N[C@H]2CC[C@@H](NC(=O)c3cccc(Cl)c3F)CC2)n1. The number of halogens is 2. The van der Waals surface area contributed by atoms with Gasteiger partial charge in [-0.05, 0) is 43.9 Å². The van der Waals surface area contributed by atoms with Crippen molar-refractivity contribution in [3.63, 3.8) is 0 Å². The number of aromatic nitrogens is 2. The van der Waals surface area contributed by atoms with Crippen molar-refractivity contribution in [3.05, 3.63) is 46.9 Å². The summed E-state index contributed by atoms with van der Waals surface area (Å²) in [6.07, 6.45) is 5.09. The van der Waals surface area contributed by atoms with E-state index in [1.54, 1.807) is 12.3 Å². The number of nitrogens with one attached hydrogen (secondary N) is 2. The Bertz CT molecular complexity index is 808. The summed E-state index contributed by atoms with van der Waals surface area (Å²) in [5, 5.41) is 6.22. The van der Waals surface area contributed by atoms with Crippen LogP contribution in [0.15, 0.2) is 30.5 Å². The summed E-state index contributed by atoms with van der Waals surface area (Å²) in [4.78, 5) is 23.0. The molecule has 1 aromatic carbocycles. The fraction of sp³-hybridized carbons (Fsp3) is 0.421. The summed E-state index contributed by atoms with van der Waals surface area (Å²) in [7, 11) is 3.87. The molecule has 3 rings (SSSR count). The molecule has 144 valence electrons. The summed E-state index contributed by atoms with van der Waals surface area (Å²) in [6, 6.07) is 6.56. The average molecular weight is 392 g/mol. The first-order valence-corrected chi connectivity index (χ1v) is 9.33. The molecule has 0 unspecified atom stereocenters. The molecule has 1 heterocycles. The van der Waals surface area contributed by atoms with Crippen LogP contribution in [0, 0.1) is 5.82 Å². The Morgan fingerprint density at radius 1 is 1.19 bits per heavy atom. The lowest BCUT2D eigenvalue weighted by atomic mass is 9.91. The first kappa shape index (κ1) is 19.4. The molecule has 1 saturated carbocycles. The summed E-state index contributed by atoms with van der Waals surface area (Å²) in [5.74, 6) is 0.352. The fourth-order valence-electron chi connectivity index (χ4n) is 3.17. The second-order valence-electron chi connectivity index (χ2n) is 6.90. The molecule has 6 nitrogen and oxygen atoms in total. The van der Waals surface area contributed by atoms with E-state index in [1.807, 2.05) is 25.1 Å². The predicted octanol–water partition coefficient (Wildman–Crippen LogP) is 3.49. The van der Waals surface area contributed by atoms with Crippen molar-refractivity contribution < 1.29 is 9.18 Å². The lowest BCUT2D eigenvalue weighted by molar-refractivity contribution is 0.0922. The minimum Gasteiger partial charge on any atom is -0.363 e. The molecule has 2 aromatic rings. The molecule has 0 spiro atoms. The molecular formula is C19H23ClFN5O. The molecule has 1 aromatic heterocycles. The standard InChI is InChI=1S/C19H23ClFN5O/c1-26(2)16-10-11-22-19(25-16)24-13-8-6-12(7-9-13)23-18(27)14-4-3-5-15(20)17(14)21/h3-5,10-13H,6-9H2,1-2H3,(H,23,27)(H,22,24,25)/t12-,13+. The Kier molecular flexibility index (Phi) is 6.11. The van der Waals surface area contributed by atoms with Crippen molar-refractivity contribution in [2.75, 3.05) is 24.3 Å². The molecule has 0 aliphatic heterocycles. The average Bonchev–Trinajstić information content (AvgIpc) is 2.65. The number of hydrogen-bond donors (Lipinski definition) is 2. The third kappa shape index (κ3) is 4.86. The number of carbonyl (C=O) groups is 1. The van der Waals surface area contributed by atoms with E-state index >= 15 is 0 Å². The molecule has 1 fully saturated rings. The van der Waals surface area contributed by atoms with E-state index in [4.69, 9.17) is 11.6 Å². The van der Waals surface area contributed by atoms with Crippen LogP contribution in [-0.2, 0) is 0 Å². The van der Waals surface area contributed by atoms with Gasteiger partial charge in [-0.25, -0.2) is 9.37 Å². The Hall–Kier alpha value is -2.41. The van der Waals surface area contributed by atoms with E-state index in [9.17, 15) is 9.18 Å². The van der Waals surface area contributed by atoms with Gasteiger partial charge in [0.2, 0.25) is 5.95 Å². The molecule has 0 radical (unpaired) electrons. The van der Waals surface area contributed by atoms with Crippen molar-refractivity contribution in [3.8, 4) is 0 Å². The largest absolute Gasteiger partial charge is 0.363 e. The van der Waals surface area contributed by atoms with Crippen LogP contribution < -0.4 is 15.5 Å². The topological polar surface area (TPSA) is 70.2 Å². The summed E-state index contributed by atoms with van der Waals surface area (Å²) in [6.45, 7) is 0. The molecule has 2 N–H and O–H groups in total. The zero-order chi connectivity index (χ0) is 19.4. The van der Waals surface area contributed by atoms with Crippen LogP contribution in [0.5, 0.6) is 0 Å². The van der Waals surface area contributed by atoms with Gasteiger partial charge < -0.3 is 15.5 Å². The maximum atomic E-state index is 14.0. The van der Waals surface area contributed by atoms with Crippen molar-refractivity contribution >= 4 is 29.3 Å². The summed E-state index contributed by atoms with van der Waals surface area (Å²) in [5.41, 5.74) is -0.0170. The van der Waals surface area contributed by atoms with E-state index in [0.717, 1.165) is 31.5 Å². The second kappa shape index (κ2) is 8.52. The number of amides is 1. The zero-order valence-electron chi connectivity index (χ0n) is 15.4. The van der Waals surface area contributed by atoms with Gasteiger partial charge in [0.15, 0.2) is 5.82 Å². The van der Waals surface area contributed by atoms with Gasteiger partial charge in [0.25, 0.3) is 5.91 Å². The van der Waals surface area contributed by atoms with E-state index in [2.05, 4.69) is 20.6 Å². The maximum Gasteiger partial charge on any atom is 0.254 e. The number of benzene rings is 1. The van der Waals surface area contributed by atoms with Crippen molar-refractivity contribution in [1.29, 1.82) is 0 Å². The van der Waals surface area contributed by atoms with E-state index < -0.39 is 11.7 Å². The number of nitrogens with zero attached hydrogens (tertiary/aromatic N) is 3. The Morgan fingerprint density at radius 3 is 2.59 bits per heavy atom. The highest BCUT2D eigenvalue weighted by molar-refractivity contribution is 6.31. The minimum atomic E-state index is -0.676. The molecule has 0 atom stereocenters. The lowest BCUT2D eigenvalue weighted by Gasteiger charge is -2.29. The lowest BCUT2D eigenvalue weighted by Crippen LogP contribution is -2.40. The van der Waals surface area contributed by atoms with Crippen molar-refractivity contribution in [2.45, 2.75) is 37.8 Å². The third-order valence-electron chi connectivity index (χ3n) is 4.69. The highest BCUT2D eigenvalue weighted by atomic mass is 35.5. The second-order valence-corrected chi connectivity index (χ2v) is 7.31. The fourth-order valence-corrected chi connectivity index (χ4v) is 3.35. The van der Waals surface area contributed by atoms with E-state index in [0.29, 0.717) is 5.95 Å². The van der Waals surface area contributed by atoms with Crippen LogP contribution in [0.3, 0.4) is 0 Å². The maximum absolute atomic E-state index is 14.0. The molecule has 0 saturated heterocycles. The number of carbonyl (C=O) groups excluding carboxylic acids is 1. The molecule has 0 bridgehead atoms. The van der Waals surface area contributed by atoms with Crippen LogP contribution in [0.1, 0.15) is 36.0 Å². The van der Waals surface area contributed by atoms with Crippen molar-refractivity contribution in [2.24, 2.45) is 0 Å². The van der Waals surface area contributed by atoms with Crippen LogP contribution >= 0.6 is 11.6 Å². The quantitative estimate of drug-likeness (QED) is 0.816. The van der Waals surface area contributed by atoms with Gasteiger partial charge in [0, 0.05) is 32.4 Å². The van der Waals surface area contributed by atoms with Crippen LogP contribution in [-0.4, -0.2) is 42.1 Å². The molecule has 8 heteroatoms. The normalized spacial score (nSPS) is 19.4. The van der Waals surface area contributed by atoms with E-state index in [-0.39, 0.29) is 22.7 Å². The van der Waals surface area contributed by atoms with Gasteiger partial charge in [-0.15, -0.1) is 0 Å². The molecule has 27 heavy (non-hydrogen) atoms. The van der Waals surface area contributed by atoms with Crippen molar-refractivity contribution in [1.82, 2.24) is 15.3 Å². The highest BCUT2D eigenvalue weighted by Gasteiger charge is 2.24. The number of rotatable bonds is 5. The molecule has 1 aliphatic carbocycles. The number of hydrogen-bond acceptors (Lipinski definition) is 5. The van der Waals surface area contributed by atoms with Gasteiger partial charge in [-0.2, -0.15) is 4.98 Å². The highest BCUT2D eigenvalue weighted by Crippen LogP contribution is 2.23. The van der Waals surface area contributed by atoms with Gasteiger partial charge in [-0.1, -0.05) is 17.7 Å². The monoisotopic (exact) mass is 391 g/mol. The minimum absolute atomic E-state index is 0.0166. The summed E-state index contributed by atoms with van der Waals surface area (Å²) < 4.78 is 14.0. The zero-order valence-corrected chi connectivity index (χ0v) is 16.1. The van der Waals surface area contributed by atoms with Crippen LogP contribution in [0.25, 0.3) is 0 Å². The smallest absolute Gasteiger partial charge is 0.254 e. The Labute approximate surface area is 163 Å². The molecule has 1 aliphatic rings. The Morgan fingerprint density at radius 2 is 1.89 bits per heavy atom. The van der Waals surface area contributed by atoms with Gasteiger partial charge in [-0.3, -0.25) is 4.79 Å². The third-order valence-corrected chi connectivity index (χ3v) is 4.98. The van der Waals surface area contributed by atoms with Crippen LogP contribution in [0.4, 0.5) is 16.2 Å². The first-order chi connectivity index (χ1) is 12.9.